The Kier molecular flexibility index (Phi) is 4.19. The molecule has 0 fully saturated rings. The molecule has 4 heteroatoms. The Morgan fingerprint density at radius 3 is 2.78 bits per heavy atom. The Morgan fingerprint density at radius 2 is 1.96 bits per heavy atom. The summed E-state index contributed by atoms with van der Waals surface area (Å²) < 4.78 is 5.12. The summed E-state index contributed by atoms with van der Waals surface area (Å²) >= 11 is 0. The van der Waals surface area contributed by atoms with E-state index in [1.54, 1.807) is 19.2 Å². The van der Waals surface area contributed by atoms with Crippen LogP contribution in [0.15, 0.2) is 59.7 Å². The zero-order chi connectivity index (χ0) is 19.0. The van der Waals surface area contributed by atoms with Gasteiger partial charge in [0.15, 0.2) is 0 Å². The molecule has 1 aliphatic rings. The van der Waals surface area contributed by atoms with Gasteiger partial charge in [0.25, 0.3) is 0 Å². The highest BCUT2D eigenvalue weighted by atomic mass is 16.5. The fourth-order valence-corrected chi connectivity index (χ4v) is 3.72. The van der Waals surface area contributed by atoms with Crippen LogP contribution >= 0.6 is 0 Å². The van der Waals surface area contributed by atoms with Crippen LogP contribution in [0, 0.1) is 0 Å². The highest BCUT2D eigenvalue weighted by molar-refractivity contribution is 6.14. The fraction of sp³-hybridized carbons (Fsp3) is 0.217. The summed E-state index contributed by atoms with van der Waals surface area (Å²) in [4.78, 5) is 20.0. The number of benzene rings is 2. The molecule has 0 saturated heterocycles. The largest absolute Gasteiger partial charge is 0.462 e. The first kappa shape index (κ1) is 17.3. The minimum absolute atomic E-state index is 0.219. The van der Waals surface area contributed by atoms with Crippen molar-refractivity contribution in [2.24, 2.45) is 4.99 Å². The molecule has 0 atom stereocenters. The van der Waals surface area contributed by atoms with Gasteiger partial charge in [0.2, 0.25) is 0 Å². The molecule has 0 saturated carbocycles. The molecule has 27 heavy (non-hydrogen) atoms. The number of hydrogen-bond acceptors (Lipinski definition) is 3. The number of esters is 1. The van der Waals surface area contributed by atoms with Gasteiger partial charge in [0, 0.05) is 11.6 Å². The number of carbonyl (C=O) groups excluding carboxylic acids is 1. The number of aliphatic imine (C=N–C) groups is 1. The predicted octanol–water partition coefficient (Wildman–Crippen LogP) is 5.42. The molecule has 136 valence electrons. The number of aromatic amines is 1. The molecular formula is C23H22N2O2. The molecule has 0 unspecified atom stereocenters. The van der Waals surface area contributed by atoms with Crippen molar-refractivity contribution in [3.05, 3.63) is 71.6 Å². The molecule has 1 N–H and O–H groups in total. The molecule has 1 aromatic heterocycles. The predicted molar refractivity (Wildman–Crippen MR) is 110 cm³/mol. The third kappa shape index (κ3) is 2.87. The summed E-state index contributed by atoms with van der Waals surface area (Å²) in [5.74, 6) is -0.319. The van der Waals surface area contributed by atoms with E-state index in [4.69, 9.17) is 9.73 Å². The van der Waals surface area contributed by atoms with E-state index in [2.05, 4.69) is 55.2 Å². The minimum atomic E-state index is -0.319. The second kappa shape index (κ2) is 6.54. The quantitative estimate of drug-likeness (QED) is 0.633. The van der Waals surface area contributed by atoms with Crippen molar-refractivity contribution >= 4 is 34.2 Å². The van der Waals surface area contributed by atoms with Crippen molar-refractivity contribution in [1.29, 1.82) is 0 Å². The zero-order valence-electron chi connectivity index (χ0n) is 15.7. The zero-order valence-corrected chi connectivity index (χ0v) is 15.7. The Balaban J connectivity index is 1.70. The second-order valence-electron chi connectivity index (χ2n) is 7.16. The lowest BCUT2D eigenvalue weighted by Crippen LogP contribution is -2.24. The van der Waals surface area contributed by atoms with Crippen molar-refractivity contribution in [3.63, 3.8) is 0 Å². The molecule has 0 amide bonds. The van der Waals surface area contributed by atoms with Gasteiger partial charge in [-0.15, -0.1) is 0 Å². The van der Waals surface area contributed by atoms with Crippen molar-refractivity contribution < 1.29 is 9.53 Å². The Morgan fingerprint density at radius 1 is 1.15 bits per heavy atom. The van der Waals surface area contributed by atoms with Gasteiger partial charge in [0.05, 0.1) is 29.3 Å². The van der Waals surface area contributed by atoms with Crippen LogP contribution in [0.25, 0.3) is 16.8 Å². The van der Waals surface area contributed by atoms with Crippen molar-refractivity contribution in [2.45, 2.75) is 26.2 Å². The van der Waals surface area contributed by atoms with Gasteiger partial charge in [-0.2, -0.15) is 0 Å². The Labute approximate surface area is 158 Å². The van der Waals surface area contributed by atoms with Gasteiger partial charge >= 0.3 is 5.97 Å². The van der Waals surface area contributed by atoms with Crippen LogP contribution in [0.4, 0.5) is 5.69 Å². The van der Waals surface area contributed by atoms with Crippen LogP contribution in [0.2, 0.25) is 0 Å². The van der Waals surface area contributed by atoms with Crippen molar-refractivity contribution in [3.8, 4) is 0 Å². The molecule has 1 aliphatic heterocycles. The van der Waals surface area contributed by atoms with Crippen LogP contribution in [0.3, 0.4) is 0 Å². The van der Waals surface area contributed by atoms with Gasteiger partial charge in [0.1, 0.15) is 0 Å². The smallest absolute Gasteiger partial charge is 0.340 e. The number of hydrogen-bond donors (Lipinski definition) is 1. The number of H-pyrrole nitrogens is 1. The lowest BCUT2D eigenvalue weighted by molar-refractivity contribution is 0.0526. The minimum Gasteiger partial charge on any atom is -0.462 e. The van der Waals surface area contributed by atoms with Gasteiger partial charge in [-0.1, -0.05) is 44.2 Å². The number of nitrogens with one attached hydrogen (secondary N) is 1. The number of allylic oxidation sites excluding steroid dienone is 1. The van der Waals surface area contributed by atoms with E-state index in [9.17, 15) is 4.79 Å². The lowest BCUT2D eigenvalue weighted by atomic mass is 9.79. The summed E-state index contributed by atoms with van der Waals surface area (Å²) in [7, 11) is 0. The number of fused-ring (bicyclic) bond motifs is 3. The Hall–Kier alpha value is -3.14. The summed E-state index contributed by atoms with van der Waals surface area (Å²) in [6.45, 7) is 6.54. The SMILES string of the molecule is CCOC(=O)c1cc[nH]c1/C=C\C1=Nc2ccc3ccccc3c2C1(C)C. The highest BCUT2D eigenvalue weighted by Gasteiger charge is 2.35. The molecule has 0 aliphatic carbocycles. The molecule has 4 rings (SSSR count). The third-order valence-electron chi connectivity index (χ3n) is 5.10. The first-order valence-electron chi connectivity index (χ1n) is 9.16. The molecule has 0 bridgehead atoms. The van der Waals surface area contributed by atoms with E-state index < -0.39 is 0 Å². The van der Waals surface area contributed by atoms with Gasteiger partial charge in [-0.05, 0) is 47.5 Å². The molecule has 2 heterocycles. The molecule has 4 nitrogen and oxygen atoms in total. The standard InChI is InChI=1S/C23H22N2O2/c1-4-27-22(26)17-13-14-24-18(17)11-12-20-23(2,3)21-16-8-6-5-7-15(16)9-10-19(21)25-20/h5-14,24H,4H2,1-3H3/b12-11-. The number of carbonyl (C=O) groups is 1. The van der Waals surface area contributed by atoms with E-state index in [1.807, 2.05) is 12.2 Å². The summed E-state index contributed by atoms with van der Waals surface area (Å²) in [5, 5.41) is 2.46. The Bertz CT molecular complexity index is 1090. The van der Waals surface area contributed by atoms with Crippen LogP contribution in [0.5, 0.6) is 0 Å². The third-order valence-corrected chi connectivity index (χ3v) is 5.10. The van der Waals surface area contributed by atoms with Gasteiger partial charge < -0.3 is 9.72 Å². The van der Waals surface area contributed by atoms with Crippen LogP contribution in [-0.4, -0.2) is 23.3 Å². The molecule has 3 aromatic rings. The van der Waals surface area contributed by atoms with Crippen LogP contribution < -0.4 is 0 Å². The van der Waals surface area contributed by atoms with Crippen LogP contribution in [0.1, 0.15) is 42.4 Å². The number of rotatable bonds is 4. The van der Waals surface area contributed by atoms with E-state index in [0.29, 0.717) is 12.2 Å². The number of ether oxygens (including phenoxy) is 1. The van der Waals surface area contributed by atoms with E-state index in [0.717, 1.165) is 17.1 Å². The number of nitrogens with zero attached hydrogens (tertiary/aromatic N) is 1. The molecular weight excluding hydrogens is 336 g/mol. The monoisotopic (exact) mass is 358 g/mol. The average molecular weight is 358 g/mol. The summed E-state index contributed by atoms with van der Waals surface area (Å²) in [6, 6.07) is 14.3. The molecule has 0 spiro atoms. The maximum Gasteiger partial charge on any atom is 0.340 e. The van der Waals surface area contributed by atoms with Gasteiger partial charge in [-0.3, -0.25) is 4.99 Å². The average Bonchev–Trinajstić information content (AvgIpc) is 3.22. The lowest BCUT2D eigenvalue weighted by Gasteiger charge is -2.22. The van der Waals surface area contributed by atoms with Gasteiger partial charge in [-0.25, -0.2) is 4.79 Å². The first-order chi connectivity index (χ1) is 13.0. The number of aromatic nitrogens is 1. The van der Waals surface area contributed by atoms with E-state index in [-0.39, 0.29) is 11.4 Å². The summed E-state index contributed by atoms with van der Waals surface area (Å²) in [6.07, 6.45) is 5.64. The first-order valence-corrected chi connectivity index (χ1v) is 9.16. The summed E-state index contributed by atoms with van der Waals surface area (Å²) in [5.41, 5.74) is 4.27. The maximum absolute atomic E-state index is 12.1. The van der Waals surface area contributed by atoms with Crippen molar-refractivity contribution in [1.82, 2.24) is 4.98 Å². The molecule has 2 aromatic carbocycles. The van der Waals surface area contributed by atoms with E-state index in [1.165, 1.54) is 16.3 Å². The van der Waals surface area contributed by atoms with Crippen molar-refractivity contribution in [2.75, 3.05) is 6.61 Å². The van der Waals surface area contributed by atoms with E-state index >= 15 is 0 Å². The topological polar surface area (TPSA) is 54.5 Å². The molecule has 0 radical (unpaired) electrons. The maximum atomic E-state index is 12.1. The highest BCUT2D eigenvalue weighted by Crippen LogP contribution is 2.44. The van der Waals surface area contributed by atoms with Crippen LogP contribution in [-0.2, 0) is 10.2 Å². The fourth-order valence-electron chi connectivity index (χ4n) is 3.72. The second-order valence-corrected chi connectivity index (χ2v) is 7.16. The normalized spacial score (nSPS) is 15.1.